The number of carbonyl (C=O) groups is 1. The summed E-state index contributed by atoms with van der Waals surface area (Å²) in [4.78, 5) is 11.2. The zero-order valence-electron chi connectivity index (χ0n) is 7.21. The van der Waals surface area contributed by atoms with Crippen LogP contribution < -0.4 is 5.32 Å². The van der Waals surface area contributed by atoms with Gasteiger partial charge in [0, 0.05) is 6.54 Å². The number of hydrogen-bond donors (Lipinski definition) is 1. The first-order chi connectivity index (χ1) is 5.86. The Hall–Kier alpha value is -0.570. The lowest BCUT2D eigenvalue weighted by molar-refractivity contribution is -0.151. The fourth-order valence-electron chi connectivity index (χ4n) is 1.50. The van der Waals surface area contributed by atoms with Crippen LogP contribution in [0.3, 0.4) is 0 Å². The summed E-state index contributed by atoms with van der Waals surface area (Å²) in [5, 5.41) is 3.22. The second-order valence-corrected chi connectivity index (χ2v) is 3.68. The molecule has 68 valence electrons. The maximum atomic E-state index is 11.2. The molecule has 1 saturated heterocycles. The molecule has 1 aliphatic heterocycles. The maximum Gasteiger partial charge on any atom is 0.309 e. The van der Waals surface area contributed by atoms with Gasteiger partial charge in [0.05, 0.1) is 5.92 Å². The number of hydrogen-bond acceptors (Lipinski definition) is 3. The van der Waals surface area contributed by atoms with E-state index in [0.29, 0.717) is 0 Å². The van der Waals surface area contributed by atoms with E-state index in [4.69, 9.17) is 4.74 Å². The van der Waals surface area contributed by atoms with Crippen molar-refractivity contribution >= 4 is 5.97 Å². The van der Waals surface area contributed by atoms with E-state index in [-0.39, 0.29) is 18.0 Å². The van der Waals surface area contributed by atoms with Crippen LogP contribution in [-0.2, 0) is 9.53 Å². The molecule has 0 unspecified atom stereocenters. The van der Waals surface area contributed by atoms with Crippen LogP contribution in [0.25, 0.3) is 0 Å². The monoisotopic (exact) mass is 169 g/mol. The molecule has 1 N–H and O–H groups in total. The topological polar surface area (TPSA) is 38.3 Å². The van der Waals surface area contributed by atoms with Gasteiger partial charge in [-0.25, -0.2) is 0 Å². The molecule has 2 aliphatic rings. The van der Waals surface area contributed by atoms with E-state index in [1.807, 2.05) is 0 Å². The van der Waals surface area contributed by atoms with Crippen LogP contribution in [0.1, 0.15) is 25.7 Å². The summed E-state index contributed by atoms with van der Waals surface area (Å²) >= 11 is 0. The molecule has 1 heterocycles. The van der Waals surface area contributed by atoms with E-state index < -0.39 is 0 Å². The summed E-state index contributed by atoms with van der Waals surface area (Å²) in [7, 11) is 0. The van der Waals surface area contributed by atoms with Crippen LogP contribution in [0.5, 0.6) is 0 Å². The van der Waals surface area contributed by atoms with Crippen LogP contribution in [-0.4, -0.2) is 25.2 Å². The van der Waals surface area contributed by atoms with Crippen molar-refractivity contribution in [3.8, 4) is 0 Å². The predicted molar refractivity (Wildman–Crippen MR) is 44.7 cm³/mol. The highest BCUT2D eigenvalue weighted by Crippen LogP contribution is 2.30. The van der Waals surface area contributed by atoms with Gasteiger partial charge >= 0.3 is 5.97 Å². The highest BCUT2D eigenvalue weighted by Gasteiger charge is 2.33. The van der Waals surface area contributed by atoms with Gasteiger partial charge in [0.2, 0.25) is 0 Å². The molecule has 1 atom stereocenters. The number of piperidine rings is 1. The van der Waals surface area contributed by atoms with Gasteiger partial charge in [0.25, 0.3) is 0 Å². The Balaban J connectivity index is 1.73. The Kier molecular flexibility index (Phi) is 2.30. The highest BCUT2D eigenvalue weighted by atomic mass is 16.5. The summed E-state index contributed by atoms with van der Waals surface area (Å²) in [5.74, 6) is 0.274. The number of esters is 1. The molecule has 2 fully saturated rings. The Bertz CT molecular complexity index is 171. The van der Waals surface area contributed by atoms with Gasteiger partial charge in [-0.05, 0) is 32.2 Å². The Morgan fingerprint density at radius 3 is 2.75 bits per heavy atom. The van der Waals surface area contributed by atoms with Gasteiger partial charge in [-0.2, -0.15) is 0 Å². The molecule has 2 rings (SSSR count). The van der Waals surface area contributed by atoms with Gasteiger partial charge in [-0.1, -0.05) is 0 Å². The first-order valence-electron chi connectivity index (χ1n) is 4.77. The summed E-state index contributed by atoms with van der Waals surface area (Å²) in [6, 6.07) is 0. The first-order valence-corrected chi connectivity index (χ1v) is 4.77. The van der Waals surface area contributed by atoms with E-state index >= 15 is 0 Å². The molecule has 0 spiro atoms. The lowest BCUT2D eigenvalue weighted by atomic mass is 10.1. The lowest BCUT2D eigenvalue weighted by Gasteiger charge is -2.22. The van der Waals surface area contributed by atoms with Crippen LogP contribution in [0.4, 0.5) is 0 Å². The smallest absolute Gasteiger partial charge is 0.309 e. The predicted octanol–water partition coefficient (Wildman–Crippen LogP) is 0.692. The van der Waals surface area contributed by atoms with Gasteiger partial charge in [0.15, 0.2) is 0 Å². The fourth-order valence-corrected chi connectivity index (χ4v) is 1.50. The highest BCUT2D eigenvalue weighted by molar-refractivity contribution is 5.75. The minimum absolute atomic E-state index is 0.0312. The van der Waals surface area contributed by atoms with Crippen LogP contribution in [0.15, 0.2) is 0 Å². The van der Waals surface area contributed by atoms with Gasteiger partial charge in [0.1, 0.15) is 6.10 Å². The molecular formula is C9H15NO2. The second-order valence-electron chi connectivity index (χ2n) is 3.68. The van der Waals surface area contributed by atoms with Gasteiger partial charge in [-0.15, -0.1) is 0 Å². The van der Waals surface area contributed by atoms with E-state index in [0.717, 1.165) is 38.8 Å². The number of nitrogens with one attached hydrogen (secondary N) is 1. The van der Waals surface area contributed by atoms with Crippen molar-refractivity contribution in [3.05, 3.63) is 0 Å². The summed E-state index contributed by atoms with van der Waals surface area (Å²) in [6.07, 6.45) is 4.39. The third kappa shape index (κ3) is 1.97. The molecular weight excluding hydrogens is 154 g/mol. The molecule has 0 radical (unpaired) electrons. The minimum atomic E-state index is 0.0312. The SMILES string of the molecule is O=C(O[C@H]1CCCNC1)C1CC1. The average Bonchev–Trinajstić information content (AvgIpc) is 2.88. The van der Waals surface area contributed by atoms with Crippen molar-refractivity contribution in [3.63, 3.8) is 0 Å². The van der Waals surface area contributed by atoms with Crippen molar-refractivity contribution in [1.29, 1.82) is 0 Å². The largest absolute Gasteiger partial charge is 0.461 e. The van der Waals surface area contributed by atoms with Crippen molar-refractivity contribution in [2.75, 3.05) is 13.1 Å². The molecule has 12 heavy (non-hydrogen) atoms. The first kappa shape index (κ1) is 8.05. The number of carbonyl (C=O) groups excluding carboxylic acids is 1. The maximum absolute atomic E-state index is 11.2. The molecule has 0 aromatic carbocycles. The zero-order valence-corrected chi connectivity index (χ0v) is 7.21. The standard InChI is InChI=1S/C9H15NO2/c11-9(7-3-4-7)12-8-2-1-5-10-6-8/h7-8,10H,1-6H2/t8-/m0/s1. The molecule has 3 nitrogen and oxygen atoms in total. The average molecular weight is 169 g/mol. The van der Waals surface area contributed by atoms with E-state index in [9.17, 15) is 4.79 Å². The minimum Gasteiger partial charge on any atom is -0.461 e. The molecule has 1 saturated carbocycles. The number of rotatable bonds is 2. The number of ether oxygens (including phenoxy) is 1. The van der Waals surface area contributed by atoms with Crippen molar-refractivity contribution in [2.24, 2.45) is 5.92 Å². The van der Waals surface area contributed by atoms with Crippen LogP contribution in [0.2, 0.25) is 0 Å². The second kappa shape index (κ2) is 3.44. The molecule has 3 heteroatoms. The molecule has 1 aliphatic carbocycles. The van der Waals surface area contributed by atoms with Gasteiger partial charge in [-0.3, -0.25) is 4.79 Å². The molecule has 0 aromatic rings. The van der Waals surface area contributed by atoms with E-state index in [1.165, 1.54) is 0 Å². The van der Waals surface area contributed by atoms with Crippen LogP contribution >= 0.6 is 0 Å². The molecule has 0 amide bonds. The summed E-state index contributed by atoms with van der Waals surface area (Å²) < 4.78 is 5.31. The van der Waals surface area contributed by atoms with Crippen molar-refractivity contribution < 1.29 is 9.53 Å². The third-order valence-corrected chi connectivity index (χ3v) is 2.45. The fraction of sp³-hybridized carbons (Fsp3) is 0.889. The summed E-state index contributed by atoms with van der Waals surface area (Å²) in [5.41, 5.74) is 0. The third-order valence-electron chi connectivity index (χ3n) is 2.45. The molecule has 0 aromatic heterocycles. The molecule has 0 bridgehead atoms. The van der Waals surface area contributed by atoms with Crippen molar-refractivity contribution in [2.45, 2.75) is 31.8 Å². The Morgan fingerprint density at radius 1 is 1.33 bits per heavy atom. The summed E-state index contributed by atoms with van der Waals surface area (Å²) in [6.45, 7) is 1.91. The van der Waals surface area contributed by atoms with Crippen LogP contribution in [0, 0.1) is 5.92 Å². The van der Waals surface area contributed by atoms with E-state index in [2.05, 4.69) is 5.32 Å². The van der Waals surface area contributed by atoms with Gasteiger partial charge < -0.3 is 10.1 Å². The normalized spacial score (nSPS) is 29.8. The Morgan fingerprint density at radius 2 is 2.17 bits per heavy atom. The quantitative estimate of drug-likeness (QED) is 0.618. The Labute approximate surface area is 72.5 Å². The lowest BCUT2D eigenvalue weighted by Crippen LogP contribution is -2.36. The van der Waals surface area contributed by atoms with Crippen molar-refractivity contribution in [1.82, 2.24) is 5.32 Å². The zero-order chi connectivity index (χ0) is 8.39. The van der Waals surface area contributed by atoms with E-state index in [1.54, 1.807) is 0 Å².